The molecule has 3 nitrogen and oxygen atoms in total. The van der Waals surface area contributed by atoms with E-state index in [9.17, 15) is 0 Å². The van der Waals surface area contributed by atoms with Gasteiger partial charge < -0.3 is 14.8 Å². The fraction of sp³-hybridized carbons (Fsp3) is 1.00. The minimum absolute atomic E-state index is 0.128. The normalized spacial score (nSPS) is 32.5. The van der Waals surface area contributed by atoms with Crippen LogP contribution in [-0.2, 0) is 9.47 Å². The van der Waals surface area contributed by atoms with Crippen LogP contribution in [0.2, 0.25) is 0 Å². The standard InChI is InChI=1S/C17H31NO2/c1-2-16(6-3-4-7-16)14-18-15-5-10-20-17(13-15)8-11-19-12-9-17/h15,18H,2-14H2,1H3. The number of hydrogen-bond donors (Lipinski definition) is 1. The van der Waals surface area contributed by atoms with Crippen molar-refractivity contribution >= 4 is 0 Å². The van der Waals surface area contributed by atoms with Gasteiger partial charge >= 0.3 is 0 Å². The van der Waals surface area contributed by atoms with Crippen LogP contribution in [0.25, 0.3) is 0 Å². The third-order valence-corrected chi connectivity index (χ3v) is 6.08. The van der Waals surface area contributed by atoms with Gasteiger partial charge in [0.25, 0.3) is 0 Å². The van der Waals surface area contributed by atoms with E-state index in [1.165, 1.54) is 51.5 Å². The van der Waals surface area contributed by atoms with E-state index < -0.39 is 0 Å². The van der Waals surface area contributed by atoms with Gasteiger partial charge in [-0.1, -0.05) is 19.8 Å². The largest absolute Gasteiger partial charge is 0.381 e. The Morgan fingerprint density at radius 1 is 1.05 bits per heavy atom. The van der Waals surface area contributed by atoms with Crippen LogP contribution in [0.5, 0.6) is 0 Å². The fourth-order valence-corrected chi connectivity index (χ4v) is 4.44. The van der Waals surface area contributed by atoms with E-state index in [2.05, 4.69) is 12.2 Å². The van der Waals surface area contributed by atoms with Crippen LogP contribution < -0.4 is 5.32 Å². The molecule has 1 saturated carbocycles. The molecule has 3 rings (SSSR count). The van der Waals surface area contributed by atoms with Crippen LogP contribution in [0, 0.1) is 5.41 Å². The smallest absolute Gasteiger partial charge is 0.0741 e. The number of nitrogens with one attached hydrogen (secondary N) is 1. The van der Waals surface area contributed by atoms with Crippen LogP contribution in [0.3, 0.4) is 0 Å². The highest BCUT2D eigenvalue weighted by molar-refractivity contribution is 4.93. The lowest BCUT2D eigenvalue weighted by atomic mass is 9.81. The van der Waals surface area contributed by atoms with Crippen molar-refractivity contribution in [2.24, 2.45) is 5.41 Å². The summed E-state index contributed by atoms with van der Waals surface area (Å²) >= 11 is 0. The van der Waals surface area contributed by atoms with Crippen LogP contribution in [0.4, 0.5) is 0 Å². The summed E-state index contributed by atoms with van der Waals surface area (Å²) in [5.41, 5.74) is 0.727. The molecule has 1 N–H and O–H groups in total. The van der Waals surface area contributed by atoms with Gasteiger partial charge in [0.05, 0.1) is 5.60 Å². The molecule has 3 heteroatoms. The SMILES string of the molecule is CCC1(CNC2CCOC3(CCOCC3)C2)CCCC1. The molecule has 116 valence electrons. The molecule has 0 aromatic carbocycles. The molecule has 3 fully saturated rings. The van der Waals surface area contributed by atoms with E-state index >= 15 is 0 Å². The van der Waals surface area contributed by atoms with Crippen molar-refractivity contribution in [3.05, 3.63) is 0 Å². The van der Waals surface area contributed by atoms with Crippen molar-refractivity contribution in [1.29, 1.82) is 0 Å². The quantitative estimate of drug-likeness (QED) is 0.858. The summed E-state index contributed by atoms with van der Waals surface area (Å²) in [6, 6.07) is 0.658. The number of rotatable bonds is 4. The maximum absolute atomic E-state index is 6.14. The third kappa shape index (κ3) is 3.20. The Balaban J connectivity index is 1.52. The molecule has 1 unspecified atom stereocenters. The first-order chi connectivity index (χ1) is 9.76. The van der Waals surface area contributed by atoms with Gasteiger partial charge in [-0.2, -0.15) is 0 Å². The average Bonchev–Trinajstić information content (AvgIpc) is 2.96. The van der Waals surface area contributed by atoms with Gasteiger partial charge in [-0.25, -0.2) is 0 Å². The Bertz CT molecular complexity index is 301. The molecule has 0 aromatic rings. The van der Waals surface area contributed by atoms with Crippen molar-refractivity contribution in [2.75, 3.05) is 26.4 Å². The summed E-state index contributed by atoms with van der Waals surface area (Å²) < 4.78 is 11.6. The molecule has 2 aliphatic heterocycles. The maximum Gasteiger partial charge on any atom is 0.0741 e. The molecule has 0 bridgehead atoms. The fourth-order valence-electron chi connectivity index (χ4n) is 4.44. The van der Waals surface area contributed by atoms with Crippen LogP contribution >= 0.6 is 0 Å². The molecule has 2 saturated heterocycles. The summed E-state index contributed by atoms with van der Waals surface area (Å²) in [6.07, 6.45) is 11.6. The molecule has 2 heterocycles. The molecule has 20 heavy (non-hydrogen) atoms. The molecular weight excluding hydrogens is 250 g/mol. The highest BCUT2D eigenvalue weighted by atomic mass is 16.5. The topological polar surface area (TPSA) is 30.5 Å². The van der Waals surface area contributed by atoms with E-state index in [0.29, 0.717) is 11.5 Å². The van der Waals surface area contributed by atoms with E-state index in [1.54, 1.807) is 0 Å². The lowest BCUT2D eigenvalue weighted by molar-refractivity contribution is -0.140. The summed E-state index contributed by atoms with van der Waals surface area (Å²) in [6.45, 7) is 6.28. The second-order valence-corrected chi connectivity index (χ2v) is 7.28. The zero-order valence-electron chi connectivity index (χ0n) is 13.1. The third-order valence-electron chi connectivity index (χ3n) is 6.08. The highest BCUT2D eigenvalue weighted by Gasteiger charge is 2.40. The molecular formula is C17H31NO2. The van der Waals surface area contributed by atoms with Gasteiger partial charge in [0.15, 0.2) is 0 Å². The van der Waals surface area contributed by atoms with Gasteiger partial charge in [-0.3, -0.25) is 0 Å². The minimum Gasteiger partial charge on any atom is -0.381 e. The molecule has 0 radical (unpaired) electrons. The van der Waals surface area contributed by atoms with Gasteiger partial charge in [-0.05, 0) is 50.4 Å². The highest BCUT2D eigenvalue weighted by Crippen LogP contribution is 2.41. The lowest BCUT2D eigenvalue weighted by Crippen LogP contribution is -2.51. The zero-order chi connectivity index (χ0) is 13.9. The Morgan fingerprint density at radius 3 is 2.50 bits per heavy atom. The summed E-state index contributed by atoms with van der Waals surface area (Å²) in [7, 11) is 0. The molecule has 1 atom stereocenters. The molecule has 0 aromatic heterocycles. The van der Waals surface area contributed by atoms with E-state index in [4.69, 9.17) is 9.47 Å². The second kappa shape index (κ2) is 6.33. The number of hydrogen-bond acceptors (Lipinski definition) is 3. The first-order valence-corrected chi connectivity index (χ1v) is 8.71. The van der Waals surface area contributed by atoms with Crippen molar-refractivity contribution in [2.45, 2.75) is 76.4 Å². The van der Waals surface area contributed by atoms with Crippen LogP contribution in [-0.4, -0.2) is 38.0 Å². The van der Waals surface area contributed by atoms with Gasteiger partial charge in [-0.15, -0.1) is 0 Å². The summed E-state index contributed by atoms with van der Waals surface area (Å²) in [5.74, 6) is 0. The first kappa shape index (κ1) is 14.8. The van der Waals surface area contributed by atoms with E-state index in [-0.39, 0.29) is 5.60 Å². The van der Waals surface area contributed by atoms with Gasteiger partial charge in [0, 0.05) is 32.4 Å². The summed E-state index contributed by atoms with van der Waals surface area (Å²) in [5, 5.41) is 3.91. The second-order valence-electron chi connectivity index (χ2n) is 7.28. The summed E-state index contributed by atoms with van der Waals surface area (Å²) in [4.78, 5) is 0. The van der Waals surface area contributed by atoms with Crippen molar-refractivity contribution in [1.82, 2.24) is 5.32 Å². The van der Waals surface area contributed by atoms with Gasteiger partial charge in [0.2, 0.25) is 0 Å². The minimum atomic E-state index is 0.128. The van der Waals surface area contributed by atoms with E-state index in [0.717, 1.165) is 32.7 Å². The van der Waals surface area contributed by atoms with Crippen LogP contribution in [0.15, 0.2) is 0 Å². The Labute approximate surface area is 123 Å². The average molecular weight is 281 g/mol. The lowest BCUT2D eigenvalue weighted by Gasteiger charge is -2.44. The molecule has 1 aliphatic carbocycles. The maximum atomic E-state index is 6.14. The van der Waals surface area contributed by atoms with Crippen molar-refractivity contribution in [3.8, 4) is 0 Å². The van der Waals surface area contributed by atoms with E-state index in [1.807, 2.05) is 0 Å². The first-order valence-electron chi connectivity index (χ1n) is 8.71. The Morgan fingerprint density at radius 2 is 1.80 bits per heavy atom. The molecule has 3 aliphatic rings. The van der Waals surface area contributed by atoms with Gasteiger partial charge in [0.1, 0.15) is 0 Å². The number of ether oxygens (including phenoxy) is 2. The molecule has 0 amide bonds. The Kier molecular flexibility index (Phi) is 4.68. The molecule has 1 spiro atoms. The van der Waals surface area contributed by atoms with Crippen molar-refractivity contribution < 1.29 is 9.47 Å². The predicted octanol–water partition coefficient (Wildman–Crippen LogP) is 3.27. The van der Waals surface area contributed by atoms with Crippen molar-refractivity contribution in [3.63, 3.8) is 0 Å². The monoisotopic (exact) mass is 281 g/mol. The van der Waals surface area contributed by atoms with Crippen LogP contribution in [0.1, 0.15) is 64.7 Å². The zero-order valence-corrected chi connectivity index (χ0v) is 13.1. The predicted molar refractivity (Wildman–Crippen MR) is 81.0 cm³/mol. The Hall–Kier alpha value is -0.120.